The topological polar surface area (TPSA) is 8.82 Å². The fourth-order valence-corrected chi connectivity index (χ4v) is 5.67. The Bertz CT molecular complexity index is 1950. The van der Waals surface area contributed by atoms with Gasteiger partial charge in [0, 0.05) is 21.5 Å². The van der Waals surface area contributed by atoms with Gasteiger partial charge >= 0.3 is 0 Å². The molecule has 0 fully saturated rings. The summed E-state index contributed by atoms with van der Waals surface area (Å²) in [6.45, 7) is 0. The van der Waals surface area contributed by atoms with Crippen LogP contribution in [-0.4, -0.2) is 8.80 Å². The molecule has 0 aliphatic heterocycles. The maximum Gasteiger partial charge on any atom is 0.0789 e. The average Bonchev–Trinajstić information content (AvgIpc) is 3.33. The van der Waals surface area contributed by atoms with Crippen LogP contribution in [0.5, 0.6) is 0 Å². The standard InChI is InChI=1S/C28H16N2/c1-2-9-18-17(8-1)16-25-28-26(18)21-11-4-6-14-23(21)29(28)24-15-7-12-20-19-10-3-5-13-22(19)30(25)27(20)24/h1-16H. The van der Waals surface area contributed by atoms with E-state index in [1.165, 1.54) is 65.4 Å². The van der Waals surface area contributed by atoms with Crippen molar-refractivity contribution in [3.63, 3.8) is 0 Å². The van der Waals surface area contributed by atoms with E-state index in [2.05, 4.69) is 106 Å². The van der Waals surface area contributed by atoms with Gasteiger partial charge in [0.05, 0.1) is 33.1 Å². The summed E-state index contributed by atoms with van der Waals surface area (Å²) in [6, 6.07) is 35.5. The molecule has 3 aromatic heterocycles. The lowest BCUT2D eigenvalue weighted by Crippen LogP contribution is -1.97. The van der Waals surface area contributed by atoms with Crippen molar-refractivity contribution in [1.82, 2.24) is 8.80 Å². The van der Waals surface area contributed by atoms with E-state index in [0.717, 1.165) is 0 Å². The van der Waals surface area contributed by atoms with Crippen molar-refractivity contribution >= 4 is 65.4 Å². The first-order chi connectivity index (χ1) is 14.9. The first kappa shape index (κ1) is 14.9. The molecule has 3 heterocycles. The molecule has 0 aliphatic rings. The summed E-state index contributed by atoms with van der Waals surface area (Å²) in [6.07, 6.45) is 0. The number of fused-ring (bicyclic) bond motifs is 10. The van der Waals surface area contributed by atoms with Crippen LogP contribution in [0.2, 0.25) is 0 Å². The number of aromatic nitrogens is 2. The molecule has 138 valence electrons. The van der Waals surface area contributed by atoms with Gasteiger partial charge in [-0.15, -0.1) is 0 Å². The van der Waals surface area contributed by atoms with Crippen LogP contribution in [0.4, 0.5) is 0 Å². The lowest BCUT2D eigenvalue weighted by molar-refractivity contribution is 1.26. The van der Waals surface area contributed by atoms with Crippen LogP contribution >= 0.6 is 0 Å². The Morgan fingerprint density at radius 1 is 0.400 bits per heavy atom. The molecule has 0 spiro atoms. The van der Waals surface area contributed by atoms with E-state index in [1.807, 2.05) is 0 Å². The van der Waals surface area contributed by atoms with Crippen molar-refractivity contribution in [2.75, 3.05) is 0 Å². The van der Waals surface area contributed by atoms with Gasteiger partial charge < -0.3 is 8.80 Å². The van der Waals surface area contributed by atoms with E-state index in [4.69, 9.17) is 0 Å². The van der Waals surface area contributed by atoms with Gasteiger partial charge in [-0.2, -0.15) is 0 Å². The highest BCUT2D eigenvalue weighted by molar-refractivity contribution is 6.28. The molecule has 2 heteroatoms. The van der Waals surface area contributed by atoms with Crippen molar-refractivity contribution in [1.29, 1.82) is 0 Å². The van der Waals surface area contributed by atoms with E-state index in [9.17, 15) is 0 Å². The third kappa shape index (κ3) is 1.53. The molecule has 0 unspecified atom stereocenters. The molecule has 0 saturated carbocycles. The second-order valence-electron chi connectivity index (χ2n) is 8.22. The van der Waals surface area contributed by atoms with Gasteiger partial charge in [-0.1, -0.05) is 72.8 Å². The predicted molar refractivity (Wildman–Crippen MR) is 127 cm³/mol. The predicted octanol–water partition coefficient (Wildman–Crippen LogP) is 7.40. The molecule has 0 atom stereocenters. The first-order valence-electron chi connectivity index (χ1n) is 10.4. The van der Waals surface area contributed by atoms with Gasteiger partial charge in [-0.3, -0.25) is 0 Å². The highest BCUT2D eigenvalue weighted by atomic mass is 15.0. The fraction of sp³-hybridized carbons (Fsp3) is 0. The molecule has 0 N–H and O–H groups in total. The summed E-state index contributed by atoms with van der Waals surface area (Å²) in [4.78, 5) is 0. The maximum atomic E-state index is 2.48. The fourth-order valence-electron chi connectivity index (χ4n) is 5.67. The van der Waals surface area contributed by atoms with E-state index in [0.29, 0.717) is 0 Å². The summed E-state index contributed by atoms with van der Waals surface area (Å²) in [5, 5.41) is 7.89. The monoisotopic (exact) mass is 380 g/mol. The zero-order chi connectivity index (χ0) is 19.4. The van der Waals surface area contributed by atoms with Crippen molar-refractivity contribution in [3.05, 3.63) is 97.1 Å². The first-order valence-corrected chi connectivity index (χ1v) is 10.4. The Morgan fingerprint density at radius 3 is 1.87 bits per heavy atom. The highest BCUT2D eigenvalue weighted by Crippen LogP contribution is 2.42. The second kappa shape index (κ2) is 4.92. The summed E-state index contributed by atoms with van der Waals surface area (Å²) >= 11 is 0. The molecule has 0 bridgehead atoms. The molecule has 8 rings (SSSR count). The largest absolute Gasteiger partial charge is 0.305 e. The van der Waals surface area contributed by atoms with Gasteiger partial charge in [0.2, 0.25) is 0 Å². The SMILES string of the molecule is c1ccc2c(c1)cc1c3c2c2ccccc2n3c2cccc3c4ccccc4n1c32. The highest BCUT2D eigenvalue weighted by Gasteiger charge is 2.21. The smallest absolute Gasteiger partial charge is 0.0789 e. The normalized spacial score (nSPS) is 12.7. The summed E-state index contributed by atoms with van der Waals surface area (Å²) in [5.41, 5.74) is 7.67. The van der Waals surface area contributed by atoms with Gasteiger partial charge in [-0.25, -0.2) is 0 Å². The molecular weight excluding hydrogens is 364 g/mol. The number of para-hydroxylation sites is 3. The quantitative estimate of drug-likeness (QED) is 0.242. The van der Waals surface area contributed by atoms with Crippen LogP contribution in [0, 0.1) is 0 Å². The molecule has 2 nitrogen and oxygen atoms in total. The van der Waals surface area contributed by atoms with Crippen LogP contribution in [0.1, 0.15) is 0 Å². The van der Waals surface area contributed by atoms with Gasteiger partial charge in [-0.05, 0) is 35.0 Å². The van der Waals surface area contributed by atoms with E-state index >= 15 is 0 Å². The molecular formula is C28H16N2. The van der Waals surface area contributed by atoms with Crippen LogP contribution in [-0.2, 0) is 0 Å². The minimum absolute atomic E-state index is 1.26. The van der Waals surface area contributed by atoms with E-state index in [1.54, 1.807) is 0 Å². The molecule has 0 saturated heterocycles. The minimum Gasteiger partial charge on any atom is -0.305 e. The Labute approximate surface area is 171 Å². The summed E-state index contributed by atoms with van der Waals surface area (Å²) in [5.74, 6) is 0. The lowest BCUT2D eigenvalue weighted by Gasteiger charge is -2.12. The van der Waals surface area contributed by atoms with Crippen LogP contribution in [0.3, 0.4) is 0 Å². The Morgan fingerprint density at radius 2 is 1.00 bits per heavy atom. The van der Waals surface area contributed by atoms with Crippen molar-refractivity contribution in [2.45, 2.75) is 0 Å². The molecule has 8 aromatic rings. The van der Waals surface area contributed by atoms with Crippen LogP contribution in [0.25, 0.3) is 65.4 Å². The van der Waals surface area contributed by atoms with Crippen molar-refractivity contribution in [2.24, 2.45) is 0 Å². The van der Waals surface area contributed by atoms with Crippen molar-refractivity contribution < 1.29 is 0 Å². The molecule has 0 amide bonds. The van der Waals surface area contributed by atoms with Crippen molar-refractivity contribution in [3.8, 4) is 0 Å². The third-order valence-corrected chi connectivity index (χ3v) is 6.79. The van der Waals surface area contributed by atoms with Gasteiger partial charge in [0.25, 0.3) is 0 Å². The summed E-state index contributed by atoms with van der Waals surface area (Å²) < 4.78 is 4.96. The lowest BCUT2D eigenvalue weighted by atomic mass is 10.0. The van der Waals surface area contributed by atoms with E-state index < -0.39 is 0 Å². The number of hydrogen-bond donors (Lipinski definition) is 0. The number of benzene rings is 5. The van der Waals surface area contributed by atoms with Gasteiger partial charge in [0.1, 0.15) is 0 Å². The minimum atomic E-state index is 1.26. The maximum absolute atomic E-state index is 2.48. The average molecular weight is 380 g/mol. The molecule has 0 aliphatic carbocycles. The molecule has 30 heavy (non-hydrogen) atoms. The Hall–Kier alpha value is -4.04. The number of nitrogens with zero attached hydrogens (tertiary/aromatic N) is 2. The van der Waals surface area contributed by atoms with Gasteiger partial charge in [0.15, 0.2) is 0 Å². The Kier molecular flexibility index (Phi) is 2.44. The Balaban J connectivity index is 1.90. The second-order valence-corrected chi connectivity index (χ2v) is 8.22. The molecule has 5 aromatic carbocycles. The zero-order valence-electron chi connectivity index (χ0n) is 16.1. The number of rotatable bonds is 0. The van der Waals surface area contributed by atoms with E-state index in [-0.39, 0.29) is 0 Å². The summed E-state index contributed by atoms with van der Waals surface area (Å²) in [7, 11) is 0. The van der Waals surface area contributed by atoms with Crippen LogP contribution < -0.4 is 0 Å². The molecule has 0 radical (unpaired) electrons. The number of hydrogen-bond acceptors (Lipinski definition) is 0. The zero-order valence-corrected chi connectivity index (χ0v) is 16.1. The van der Waals surface area contributed by atoms with Crippen LogP contribution in [0.15, 0.2) is 97.1 Å². The third-order valence-electron chi connectivity index (χ3n) is 6.79.